The van der Waals surface area contributed by atoms with Crippen molar-refractivity contribution in [3.63, 3.8) is 0 Å². The molecule has 1 heterocycles. The maximum absolute atomic E-state index is 6.21. The summed E-state index contributed by atoms with van der Waals surface area (Å²) in [5.74, 6) is 0.903. The number of benzene rings is 1. The van der Waals surface area contributed by atoms with Gasteiger partial charge in [-0.3, -0.25) is 0 Å². The van der Waals surface area contributed by atoms with Crippen molar-refractivity contribution in [2.75, 3.05) is 7.11 Å². The van der Waals surface area contributed by atoms with E-state index in [0.29, 0.717) is 0 Å². The summed E-state index contributed by atoms with van der Waals surface area (Å²) in [4.78, 5) is 1.33. The number of hydrogen-bond acceptors (Lipinski definition) is 3. The number of ether oxygens (including phenoxy) is 1. The summed E-state index contributed by atoms with van der Waals surface area (Å²) < 4.78 is 6.42. The van der Waals surface area contributed by atoms with Crippen LogP contribution in [0.3, 0.4) is 0 Å². The summed E-state index contributed by atoms with van der Waals surface area (Å²) in [5, 5.41) is 2.09. The topological polar surface area (TPSA) is 35.2 Å². The van der Waals surface area contributed by atoms with Crippen LogP contribution in [0.15, 0.2) is 40.2 Å². The minimum Gasteiger partial charge on any atom is -0.496 e. The predicted octanol–water partition coefficient (Wildman–Crippen LogP) is 3.63. The quantitative estimate of drug-likeness (QED) is 0.911. The van der Waals surface area contributed by atoms with Crippen molar-refractivity contribution >= 4 is 27.3 Å². The smallest absolute Gasteiger partial charge is 0.122 e. The fourth-order valence-electron chi connectivity index (χ4n) is 1.95. The average Bonchev–Trinajstić information content (AvgIpc) is 2.82. The lowest BCUT2D eigenvalue weighted by molar-refractivity contribution is 0.407. The van der Waals surface area contributed by atoms with Gasteiger partial charge in [0.05, 0.1) is 7.11 Å². The fourth-order valence-corrected chi connectivity index (χ4v) is 3.16. The van der Waals surface area contributed by atoms with Gasteiger partial charge in [0.1, 0.15) is 5.75 Å². The molecule has 0 aliphatic heterocycles. The largest absolute Gasteiger partial charge is 0.496 e. The zero-order valence-electron chi connectivity index (χ0n) is 10.2. The van der Waals surface area contributed by atoms with E-state index >= 15 is 0 Å². The van der Waals surface area contributed by atoms with Gasteiger partial charge in [-0.05, 0) is 48.1 Å². The Morgan fingerprint density at radius 3 is 2.83 bits per heavy atom. The molecule has 18 heavy (non-hydrogen) atoms. The minimum absolute atomic E-state index is 0.117. The van der Waals surface area contributed by atoms with E-state index in [4.69, 9.17) is 10.5 Å². The highest BCUT2D eigenvalue weighted by Gasteiger charge is 2.10. The van der Waals surface area contributed by atoms with Crippen LogP contribution in [0, 0.1) is 0 Å². The molecule has 0 saturated heterocycles. The van der Waals surface area contributed by atoms with Gasteiger partial charge in [0.15, 0.2) is 0 Å². The van der Waals surface area contributed by atoms with Crippen molar-refractivity contribution in [1.82, 2.24) is 0 Å². The molecule has 0 amide bonds. The molecule has 1 atom stereocenters. The van der Waals surface area contributed by atoms with Gasteiger partial charge in [-0.1, -0.05) is 22.0 Å². The lowest BCUT2D eigenvalue weighted by Crippen LogP contribution is -2.25. The molecule has 2 aromatic rings. The third-order valence-corrected chi connectivity index (χ3v) is 4.16. The maximum atomic E-state index is 6.21. The van der Waals surface area contributed by atoms with Gasteiger partial charge in [-0.2, -0.15) is 0 Å². The van der Waals surface area contributed by atoms with Crippen molar-refractivity contribution in [3.8, 4) is 5.75 Å². The lowest BCUT2D eigenvalue weighted by Gasteiger charge is -2.14. The van der Waals surface area contributed by atoms with E-state index in [2.05, 4.69) is 39.5 Å². The van der Waals surface area contributed by atoms with E-state index in [1.165, 1.54) is 4.88 Å². The van der Waals surface area contributed by atoms with E-state index in [1.54, 1.807) is 18.4 Å². The van der Waals surface area contributed by atoms with E-state index in [9.17, 15) is 0 Å². The Balaban J connectivity index is 2.06. The van der Waals surface area contributed by atoms with E-state index < -0.39 is 0 Å². The van der Waals surface area contributed by atoms with Crippen LogP contribution < -0.4 is 10.5 Å². The molecule has 1 aromatic carbocycles. The van der Waals surface area contributed by atoms with Gasteiger partial charge in [-0.15, -0.1) is 11.3 Å². The third kappa shape index (κ3) is 3.57. The Morgan fingerprint density at radius 1 is 1.33 bits per heavy atom. The van der Waals surface area contributed by atoms with Gasteiger partial charge < -0.3 is 10.5 Å². The second kappa shape index (κ2) is 6.36. The number of hydrogen-bond donors (Lipinski definition) is 1. The molecule has 2 nitrogen and oxygen atoms in total. The van der Waals surface area contributed by atoms with Crippen LogP contribution in [0.1, 0.15) is 10.4 Å². The summed E-state index contributed by atoms with van der Waals surface area (Å²) in [5.41, 5.74) is 7.36. The molecule has 1 unspecified atom stereocenters. The monoisotopic (exact) mass is 325 g/mol. The first-order chi connectivity index (χ1) is 8.69. The van der Waals surface area contributed by atoms with Crippen LogP contribution in [0.5, 0.6) is 5.75 Å². The first-order valence-electron chi connectivity index (χ1n) is 5.79. The zero-order valence-corrected chi connectivity index (χ0v) is 12.6. The van der Waals surface area contributed by atoms with Gasteiger partial charge in [0.2, 0.25) is 0 Å². The van der Waals surface area contributed by atoms with Crippen LogP contribution >= 0.6 is 27.3 Å². The van der Waals surface area contributed by atoms with E-state index in [1.807, 2.05) is 12.1 Å². The molecule has 2 N–H and O–H groups in total. The summed E-state index contributed by atoms with van der Waals surface area (Å²) >= 11 is 5.24. The highest BCUT2D eigenvalue weighted by Crippen LogP contribution is 2.24. The molecule has 0 saturated carbocycles. The van der Waals surface area contributed by atoms with Crippen molar-refractivity contribution < 1.29 is 4.74 Å². The number of halogens is 1. The number of nitrogens with two attached hydrogens (primary N) is 1. The summed E-state index contributed by atoms with van der Waals surface area (Å²) in [6, 6.07) is 10.3. The van der Waals surface area contributed by atoms with Crippen LogP contribution in [-0.4, -0.2) is 13.2 Å². The molecule has 96 valence electrons. The van der Waals surface area contributed by atoms with Gasteiger partial charge in [0.25, 0.3) is 0 Å². The maximum Gasteiger partial charge on any atom is 0.122 e. The molecule has 0 spiro atoms. The predicted molar refractivity (Wildman–Crippen MR) is 80.4 cm³/mol. The zero-order chi connectivity index (χ0) is 13.0. The summed E-state index contributed by atoms with van der Waals surface area (Å²) in [6.45, 7) is 0. The van der Waals surface area contributed by atoms with Crippen LogP contribution in [-0.2, 0) is 12.8 Å². The summed E-state index contributed by atoms with van der Waals surface area (Å²) in [6.07, 6.45) is 1.73. The highest BCUT2D eigenvalue weighted by atomic mass is 79.9. The Hall–Kier alpha value is -0.840. The lowest BCUT2D eigenvalue weighted by atomic mass is 10.0. The molecule has 1 aromatic heterocycles. The minimum atomic E-state index is 0.117. The van der Waals surface area contributed by atoms with Gasteiger partial charge in [0, 0.05) is 15.4 Å². The average molecular weight is 326 g/mol. The van der Waals surface area contributed by atoms with E-state index in [0.717, 1.165) is 28.6 Å². The highest BCUT2D eigenvalue weighted by molar-refractivity contribution is 9.10. The van der Waals surface area contributed by atoms with Crippen LogP contribution in [0.25, 0.3) is 0 Å². The molecule has 4 heteroatoms. The molecule has 0 bridgehead atoms. The van der Waals surface area contributed by atoms with Gasteiger partial charge in [-0.25, -0.2) is 0 Å². The summed E-state index contributed by atoms with van der Waals surface area (Å²) in [7, 11) is 1.69. The standard InChI is InChI=1S/C14H16BrNOS/c1-17-14-5-4-11(15)7-10(14)8-12(16)9-13-3-2-6-18-13/h2-7,12H,8-9,16H2,1H3. The molecular weight excluding hydrogens is 310 g/mol. The molecule has 0 aliphatic carbocycles. The van der Waals surface area contributed by atoms with Crippen molar-refractivity contribution in [2.24, 2.45) is 5.73 Å². The Labute approximate surface area is 120 Å². The first-order valence-corrected chi connectivity index (χ1v) is 7.46. The second-order valence-electron chi connectivity index (χ2n) is 4.20. The SMILES string of the molecule is COc1ccc(Br)cc1CC(N)Cc1cccs1. The van der Waals surface area contributed by atoms with Gasteiger partial charge >= 0.3 is 0 Å². The van der Waals surface area contributed by atoms with Crippen molar-refractivity contribution in [3.05, 3.63) is 50.6 Å². The molecule has 0 fully saturated rings. The third-order valence-electron chi connectivity index (χ3n) is 2.77. The molecule has 0 radical (unpaired) electrons. The van der Waals surface area contributed by atoms with Crippen LogP contribution in [0.4, 0.5) is 0 Å². The Morgan fingerprint density at radius 2 is 2.17 bits per heavy atom. The Kier molecular flexibility index (Phi) is 4.80. The molecule has 2 rings (SSSR count). The van der Waals surface area contributed by atoms with Crippen molar-refractivity contribution in [1.29, 1.82) is 0 Å². The fraction of sp³-hybridized carbons (Fsp3) is 0.286. The molecular formula is C14H16BrNOS. The van der Waals surface area contributed by atoms with E-state index in [-0.39, 0.29) is 6.04 Å². The van der Waals surface area contributed by atoms with Crippen LogP contribution in [0.2, 0.25) is 0 Å². The number of rotatable bonds is 5. The first kappa shape index (κ1) is 13.6. The number of methoxy groups -OCH3 is 1. The Bertz CT molecular complexity index is 499. The van der Waals surface area contributed by atoms with Crippen molar-refractivity contribution in [2.45, 2.75) is 18.9 Å². The normalized spacial score (nSPS) is 12.4. The molecule has 0 aliphatic rings. The number of thiophene rings is 1. The second-order valence-corrected chi connectivity index (χ2v) is 6.15.